The van der Waals surface area contributed by atoms with Gasteiger partial charge in [-0.3, -0.25) is 4.79 Å². The van der Waals surface area contributed by atoms with E-state index in [1.807, 2.05) is 0 Å². The first-order valence-electron chi connectivity index (χ1n) is 18.2. The van der Waals surface area contributed by atoms with Crippen molar-refractivity contribution in [3.05, 3.63) is 108 Å². The molecule has 1 atom stereocenters. The van der Waals surface area contributed by atoms with Crippen LogP contribution in [0.3, 0.4) is 0 Å². The summed E-state index contributed by atoms with van der Waals surface area (Å²) in [5.74, 6) is 0.166. The molecule has 0 aliphatic carbocycles. The van der Waals surface area contributed by atoms with Crippen molar-refractivity contribution >= 4 is 17.3 Å². The summed E-state index contributed by atoms with van der Waals surface area (Å²) < 4.78 is 0. The zero-order valence-electron chi connectivity index (χ0n) is 30.5. The number of hydrogen-bond acceptors (Lipinski definition) is 5. The number of nitrogens with zero attached hydrogens (tertiary/aromatic N) is 2. The fourth-order valence-corrected chi connectivity index (χ4v) is 7.41. The molecule has 0 saturated carbocycles. The van der Waals surface area contributed by atoms with Crippen LogP contribution in [-0.4, -0.2) is 51.2 Å². The van der Waals surface area contributed by atoms with Gasteiger partial charge in [-0.1, -0.05) is 107 Å². The molecule has 0 aromatic heterocycles. The quantitative estimate of drug-likeness (QED) is 0.113. The molecule has 2 aromatic rings. The number of allylic oxidation sites excluding steroid dienone is 7. The molecule has 2 heterocycles. The van der Waals surface area contributed by atoms with E-state index >= 15 is 0 Å². The third kappa shape index (κ3) is 8.51. The van der Waals surface area contributed by atoms with Gasteiger partial charge in [0.1, 0.15) is 0 Å². The molecule has 48 heavy (non-hydrogen) atoms. The molecular weight excluding hydrogens is 590 g/mol. The van der Waals surface area contributed by atoms with E-state index in [4.69, 9.17) is 5.73 Å². The summed E-state index contributed by atoms with van der Waals surface area (Å²) in [6, 6.07) is 17.5. The SMILES string of the molecule is CN1/C(=C/C=C/C=C/C=C/C2(C)N(CCCCCC(=O)NCCCNCCCCN)c3ccccc3C2(C)C)C(C)(C)c2ccccc21. The minimum Gasteiger partial charge on any atom is -0.362 e. The second kappa shape index (κ2) is 17.2. The summed E-state index contributed by atoms with van der Waals surface area (Å²) in [4.78, 5) is 17.3. The van der Waals surface area contributed by atoms with Crippen LogP contribution in [0.25, 0.3) is 0 Å². The van der Waals surface area contributed by atoms with Gasteiger partial charge in [-0.25, -0.2) is 0 Å². The van der Waals surface area contributed by atoms with Crippen LogP contribution in [-0.2, 0) is 15.6 Å². The van der Waals surface area contributed by atoms with Crippen LogP contribution in [0.4, 0.5) is 11.4 Å². The lowest BCUT2D eigenvalue weighted by Gasteiger charge is -2.43. The lowest BCUT2D eigenvalue weighted by molar-refractivity contribution is -0.121. The third-order valence-corrected chi connectivity index (χ3v) is 10.7. The fourth-order valence-electron chi connectivity index (χ4n) is 7.41. The number of rotatable bonds is 18. The number of carbonyl (C=O) groups is 1. The predicted octanol–water partition coefficient (Wildman–Crippen LogP) is 7.92. The predicted molar refractivity (Wildman–Crippen MR) is 206 cm³/mol. The minimum absolute atomic E-state index is 0.0189. The highest BCUT2D eigenvalue weighted by molar-refractivity contribution is 5.75. The van der Waals surface area contributed by atoms with Crippen molar-refractivity contribution in [1.29, 1.82) is 0 Å². The molecule has 0 bridgehead atoms. The summed E-state index contributed by atoms with van der Waals surface area (Å²) in [6.45, 7) is 16.1. The lowest BCUT2D eigenvalue weighted by atomic mass is 9.71. The van der Waals surface area contributed by atoms with Crippen LogP contribution in [0.15, 0.2) is 96.8 Å². The minimum atomic E-state index is -0.176. The van der Waals surface area contributed by atoms with Crippen LogP contribution in [0.5, 0.6) is 0 Å². The summed E-state index contributed by atoms with van der Waals surface area (Å²) in [7, 11) is 2.16. The zero-order chi connectivity index (χ0) is 34.6. The van der Waals surface area contributed by atoms with Gasteiger partial charge in [0.2, 0.25) is 5.91 Å². The average molecular weight is 652 g/mol. The molecule has 2 aliphatic heterocycles. The number of carbonyl (C=O) groups excluding carboxylic acids is 1. The number of nitrogens with two attached hydrogens (primary N) is 1. The van der Waals surface area contributed by atoms with Crippen molar-refractivity contribution < 1.29 is 4.79 Å². The first-order chi connectivity index (χ1) is 23.1. The van der Waals surface area contributed by atoms with E-state index in [0.29, 0.717) is 6.42 Å². The normalized spacial score (nSPS) is 20.4. The second-order valence-electron chi connectivity index (χ2n) is 14.6. The Kier molecular flexibility index (Phi) is 13.3. The number of benzene rings is 2. The second-order valence-corrected chi connectivity index (χ2v) is 14.6. The van der Waals surface area contributed by atoms with Crippen molar-refractivity contribution in [2.75, 3.05) is 49.6 Å². The number of fused-ring (bicyclic) bond motifs is 2. The van der Waals surface area contributed by atoms with Gasteiger partial charge in [0, 0.05) is 54.5 Å². The van der Waals surface area contributed by atoms with Gasteiger partial charge in [-0.15, -0.1) is 0 Å². The van der Waals surface area contributed by atoms with Crippen LogP contribution in [0.2, 0.25) is 0 Å². The van der Waals surface area contributed by atoms with Gasteiger partial charge in [0.25, 0.3) is 0 Å². The van der Waals surface area contributed by atoms with E-state index in [0.717, 1.165) is 71.2 Å². The lowest BCUT2D eigenvalue weighted by Crippen LogP contribution is -2.52. The highest BCUT2D eigenvalue weighted by atomic mass is 16.1. The molecule has 1 unspecified atom stereocenters. The van der Waals surface area contributed by atoms with Crippen LogP contribution in [0, 0.1) is 0 Å². The number of nitrogens with one attached hydrogen (secondary N) is 2. The Morgan fingerprint density at radius 3 is 2.17 bits per heavy atom. The molecule has 0 fully saturated rings. The molecule has 0 saturated heterocycles. The maximum atomic E-state index is 12.4. The molecule has 4 N–H and O–H groups in total. The molecule has 0 radical (unpaired) electrons. The Morgan fingerprint density at radius 1 is 0.750 bits per heavy atom. The Hall–Kier alpha value is -3.61. The molecule has 1 amide bonds. The van der Waals surface area contributed by atoms with Gasteiger partial charge >= 0.3 is 0 Å². The number of hydrogen-bond donors (Lipinski definition) is 3. The largest absolute Gasteiger partial charge is 0.362 e. The molecule has 2 aliphatic rings. The standard InChI is InChI=1S/C42H61N5O/c1-40(2)34-22-13-15-24-36(34)46(6)38(40)26-11-8-7-9-17-28-42(5)41(3,4)35-23-14-16-25-37(35)47(42)33-20-10-12-27-39(48)45-32-21-31-44-30-19-18-29-43/h7-9,11,13-17,22-26,28,44H,10,12,18-21,27,29-33,43H2,1-6H3,(H,45,48)/b9-7+,11-8+,28-17+,38-26+. The maximum Gasteiger partial charge on any atom is 0.219 e. The monoisotopic (exact) mass is 651 g/mol. The van der Waals surface area contributed by atoms with Crippen LogP contribution in [0.1, 0.15) is 90.7 Å². The number of amides is 1. The summed E-state index contributed by atoms with van der Waals surface area (Å²) >= 11 is 0. The first kappa shape index (κ1) is 37.2. The van der Waals surface area contributed by atoms with Crippen molar-refractivity contribution in [2.24, 2.45) is 5.73 Å². The molecule has 6 heteroatoms. The Bertz CT molecular complexity index is 1470. The van der Waals surface area contributed by atoms with Gasteiger partial charge in [-0.2, -0.15) is 0 Å². The van der Waals surface area contributed by atoms with E-state index in [1.54, 1.807) is 0 Å². The van der Waals surface area contributed by atoms with E-state index < -0.39 is 0 Å². The third-order valence-electron chi connectivity index (χ3n) is 10.7. The van der Waals surface area contributed by atoms with Crippen molar-refractivity contribution in [3.63, 3.8) is 0 Å². The van der Waals surface area contributed by atoms with E-state index in [2.05, 4.69) is 153 Å². The van der Waals surface area contributed by atoms with Gasteiger partial charge in [-0.05, 0) is 88.0 Å². The molecule has 0 spiro atoms. The van der Waals surface area contributed by atoms with E-state index in [9.17, 15) is 4.79 Å². The van der Waals surface area contributed by atoms with E-state index in [-0.39, 0.29) is 22.3 Å². The summed E-state index contributed by atoms with van der Waals surface area (Å²) in [5.41, 5.74) is 12.0. The number of likely N-dealkylation sites (N-methyl/N-ethyl adjacent to an activating group) is 1. The zero-order valence-corrected chi connectivity index (χ0v) is 30.5. The summed E-state index contributed by atoms with van der Waals surface area (Å²) in [5, 5.41) is 6.50. The number of para-hydroxylation sites is 2. The number of unbranched alkanes of at least 4 members (excludes halogenated alkanes) is 3. The van der Waals surface area contributed by atoms with Crippen LogP contribution < -0.4 is 26.2 Å². The van der Waals surface area contributed by atoms with Crippen molar-refractivity contribution in [2.45, 2.75) is 95.9 Å². The molecular formula is C42H61N5O. The maximum absolute atomic E-state index is 12.4. The highest BCUT2D eigenvalue weighted by Gasteiger charge is 2.51. The van der Waals surface area contributed by atoms with Crippen LogP contribution >= 0.6 is 0 Å². The highest BCUT2D eigenvalue weighted by Crippen LogP contribution is 2.52. The van der Waals surface area contributed by atoms with Gasteiger partial charge in [0.15, 0.2) is 0 Å². The number of anilines is 2. The topological polar surface area (TPSA) is 73.6 Å². The van der Waals surface area contributed by atoms with Gasteiger partial charge in [0.05, 0.1) is 5.54 Å². The smallest absolute Gasteiger partial charge is 0.219 e. The molecule has 4 rings (SSSR count). The molecule has 260 valence electrons. The fraction of sp³-hybridized carbons (Fsp3) is 0.500. The van der Waals surface area contributed by atoms with Crippen molar-refractivity contribution in [3.8, 4) is 0 Å². The molecule has 6 nitrogen and oxygen atoms in total. The Morgan fingerprint density at radius 2 is 1.42 bits per heavy atom. The van der Waals surface area contributed by atoms with Gasteiger partial charge < -0.3 is 26.2 Å². The summed E-state index contributed by atoms with van der Waals surface area (Å²) in [6.07, 6.45) is 22.1. The van der Waals surface area contributed by atoms with E-state index in [1.165, 1.54) is 28.2 Å². The van der Waals surface area contributed by atoms with Crippen molar-refractivity contribution in [1.82, 2.24) is 10.6 Å². The average Bonchev–Trinajstić information content (AvgIpc) is 3.37. The molecule has 2 aromatic carbocycles. The Labute approximate surface area is 291 Å². The Balaban J connectivity index is 1.29. The first-order valence-corrected chi connectivity index (χ1v) is 18.2.